The van der Waals surface area contributed by atoms with Crippen molar-refractivity contribution >= 4 is 23.2 Å². The van der Waals surface area contributed by atoms with Gasteiger partial charge in [0.1, 0.15) is 5.82 Å². The molecule has 0 atom stereocenters. The monoisotopic (exact) mass is 406 g/mol. The Morgan fingerprint density at radius 1 is 1.03 bits per heavy atom. The van der Waals surface area contributed by atoms with Crippen molar-refractivity contribution in [3.05, 3.63) is 95.0 Å². The molecule has 0 bridgehead atoms. The molecule has 1 aromatic heterocycles. The van der Waals surface area contributed by atoms with Crippen LogP contribution < -0.4 is 5.32 Å². The Balaban J connectivity index is 1.75. The summed E-state index contributed by atoms with van der Waals surface area (Å²) in [6, 6.07) is 20.4. The number of amides is 1. The maximum Gasteiger partial charge on any atom is 0.295 e. The number of carbonyl (C=O) groups is 1. The predicted octanol–water partition coefficient (Wildman–Crippen LogP) is 5.29. The molecule has 0 aliphatic carbocycles. The van der Waals surface area contributed by atoms with Crippen molar-refractivity contribution in [1.82, 2.24) is 14.8 Å². The van der Waals surface area contributed by atoms with Gasteiger partial charge in [-0.2, -0.15) is 0 Å². The van der Waals surface area contributed by atoms with E-state index >= 15 is 0 Å². The summed E-state index contributed by atoms with van der Waals surface area (Å²) in [5, 5.41) is 7.69. The lowest BCUT2D eigenvalue weighted by molar-refractivity contribution is 0.101. The minimum absolute atomic E-state index is 0.000723. The van der Waals surface area contributed by atoms with Gasteiger partial charge in [-0.3, -0.25) is 4.79 Å². The zero-order valence-corrected chi connectivity index (χ0v) is 16.2. The molecule has 0 fully saturated rings. The molecule has 0 aliphatic rings. The van der Waals surface area contributed by atoms with Gasteiger partial charge in [-0.05, 0) is 61.5 Å². The number of hydrogen-bond acceptors (Lipinski definition) is 3. The summed E-state index contributed by atoms with van der Waals surface area (Å²) in [5.41, 5.74) is 3.06. The Labute approximate surface area is 171 Å². The summed E-state index contributed by atoms with van der Waals surface area (Å²) in [6.45, 7) is 1.98. The number of aromatic nitrogens is 3. The van der Waals surface area contributed by atoms with Gasteiger partial charge < -0.3 is 5.32 Å². The average molecular weight is 407 g/mol. The van der Waals surface area contributed by atoms with E-state index in [0.717, 1.165) is 16.8 Å². The van der Waals surface area contributed by atoms with E-state index in [-0.39, 0.29) is 11.6 Å². The fourth-order valence-electron chi connectivity index (χ4n) is 2.86. The normalized spacial score (nSPS) is 10.7. The van der Waals surface area contributed by atoms with Gasteiger partial charge in [-0.15, -0.1) is 5.10 Å². The molecule has 0 aliphatic heterocycles. The summed E-state index contributed by atoms with van der Waals surface area (Å²) in [7, 11) is 0. The number of rotatable bonds is 4. The van der Waals surface area contributed by atoms with Gasteiger partial charge >= 0.3 is 0 Å². The molecule has 0 spiro atoms. The molecule has 5 nitrogen and oxygen atoms in total. The second kappa shape index (κ2) is 7.85. The molecule has 29 heavy (non-hydrogen) atoms. The van der Waals surface area contributed by atoms with Crippen molar-refractivity contribution in [1.29, 1.82) is 0 Å². The van der Waals surface area contributed by atoms with E-state index in [1.54, 1.807) is 28.9 Å². The molecule has 4 rings (SSSR count). The van der Waals surface area contributed by atoms with E-state index in [0.29, 0.717) is 16.5 Å². The third-order valence-electron chi connectivity index (χ3n) is 4.26. The van der Waals surface area contributed by atoms with E-state index in [1.807, 2.05) is 31.2 Å². The molecule has 0 radical (unpaired) electrons. The van der Waals surface area contributed by atoms with Gasteiger partial charge in [-0.1, -0.05) is 35.4 Å². The molecule has 0 unspecified atom stereocenters. The van der Waals surface area contributed by atoms with Crippen LogP contribution in [0.4, 0.5) is 10.1 Å². The van der Waals surface area contributed by atoms with E-state index in [4.69, 9.17) is 11.6 Å². The number of nitrogens with one attached hydrogen (secondary N) is 1. The van der Waals surface area contributed by atoms with E-state index in [1.165, 1.54) is 24.3 Å². The van der Waals surface area contributed by atoms with Crippen molar-refractivity contribution in [2.45, 2.75) is 6.92 Å². The Morgan fingerprint density at radius 2 is 1.76 bits per heavy atom. The number of benzene rings is 3. The lowest BCUT2D eigenvalue weighted by Gasteiger charge is -2.06. The fourth-order valence-corrected chi connectivity index (χ4v) is 2.99. The highest BCUT2D eigenvalue weighted by Gasteiger charge is 2.19. The van der Waals surface area contributed by atoms with Crippen LogP contribution in [0.1, 0.15) is 16.2 Å². The van der Waals surface area contributed by atoms with Gasteiger partial charge in [-0.25, -0.2) is 14.1 Å². The van der Waals surface area contributed by atoms with Gasteiger partial charge in [0.2, 0.25) is 5.82 Å². The molecule has 144 valence electrons. The topological polar surface area (TPSA) is 59.8 Å². The first-order chi connectivity index (χ1) is 14.0. The summed E-state index contributed by atoms with van der Waals surface area (Å²) < 4.78 is 14.7. The highest BCUT2D eigenvalue weighted by atomic mass is 35.5. The molecule has 0 saturated heterocycles. The highest BCUT2D eigenvalue weighted by Crippen LogP contribution is 2.23. The van der Waals surface area contributed by atoms with Crippen LogP contribution >= 0.6 is 11.6 Å². The van der Waals surface area contributed by atoms with Crippen LogP contribution in [0.2, 0.25) is 5.02 Å². The maximum absolute atomic E-state index is 13.1. The first-order valence-corrected chi connectivity index (χ1v) is 9.24. The SMILES string of the molecule is Cc1cccc(-c2nc(C(=O)Nc3ccc(F)cc3)nn2-c2ccc(Cl)cc2)c1. The van der Waals surface area contributed by atoms with Gasteiger partial charge in [0, 0.05) is 16.3 Å². The lowest BCUT2D eigenvalue weighted by Crippen LogP contribution is -2.14. The quantitative estimate of drug-likeness (QED) is 0.501. The molecule has 7 heteroatoms. The lowest BCUT2D eigenvalue weighted by atomic mass is 10.1. The number of halogens is 2. The second-order valence-electron chi connectivity index (χ2n) is 6.48. The van der Waals surface area contributed by atoms with Crippen molar-refractivity contribution in [3.8, 4) is 17.1 Å². The number of hydrogen-bond donors (Lipinski definition) is 1. The summed E-state index contributed by atoms with van der Waals surface area (Å²) >= 11 is 6.00. The van der Waals surface area contributed by atoms with Crippen molar-refractivity contribution in [2.24, 2.45) is 0 Å². The van der Waals surface area contributed by atoms with E-state index in [9.17, 15) is 9.18 Å². The first kappa shape index (κ1) is 18.8. The number of aryl methyl sites for hydroxylation is 1. The van der Waals surface area contributed by atoms with E-state index in [2.05, 4.69) is 15.4 Å². The highest BCUT2D eigenvalue weighted by molar-refractivity contribution is 6.30. The number of anilines is 1. The zero-order chi connectivity index (χ0) is 20.4. The Morgan fingerprint density at radius 3 is 2.45 bits per heavy atom. The van der Waals surface area contributed by atoms with Crippen LogP contribution in [-0.2, 0) is 0 Å². The molecular weight excluding hydrogens is 391 g/mol. The van der Waals surface area contributed by atoms with Crippen molar-refractivity contribution < 1.29 is 9.18 Å². The maximum atomic E-state index is 13.1. The Hall–Kier alpha value is -3.51. The van der Waals surface area contributed by atoms with Gasteiger partial charge in [0.25, 0.3) is 5.91 Å². The smallest absolute Gasteiger partial charge is 0.295 e. The molecule has 4 aromatic rings. The summed E-state index contributed by atoms with van der Waals surface area (Å²) in [5.74, 6) is -0.339. The number of carbonyl (C=O) groups excluding carboxylic acids is 1. The third-order valence-corrected chi connectivity index (χ3v) is 4.51. The standard InChI is InChI=1S/C22H16ClFN4O/c1-14-3-2-4-15(13-14)21-26-20(22(29)25-18-9-7-17(24)8-10-18)27-28(21)19-11-5-16(23)6-12-19/h2-13H,1H3,(H,25,29). The van der Waals surface area contributed by atoms with Crippen LogP contribution in [0.15, 0.2) is 72.8 Å². The minimum Gasteiger partial charge on any atom is -0.319 e. The van der Waals surface area contributed by atoms with Crippen molar-refractivity contribution in [2.75, 3.05) is 5.32 Å². The summed E-state index contributed by atoms with van der Waals surface area (Å²) in [6.07, 6.45) is 0. The van der Waals surface area contributed by atoms with Crippen LogP contribution in [0.25, 0.3) is 17.1 Å². The molecular formula is C22H16ClFN4O. The third kappa shape index (κ3) is 4.17. The number of nitrogens with zero attached hydrogens (tertiary/aromatic N) is 3. The molecule has 1 amide bonds. The van der Waals surface area contributed by atoms with Crippen LogP contribution in [0.5, 0.6) is 0 Å². The first-order valence-electron chi connectivity index (χ1n) is 8.86. The van der Waals surface area contributed by atoms with Crippen LogP contribution in [-0.4, -0.2) is 20.7 Å². The molecule has 3 aromatic carbocycles. The fraction of sp³-hybridized carbons (Fsp3) is 0.0455. The van der Waals surface area contributed by atoms with Crippen LogP contribution in [0, 0.1) is 12.7 Å². The Bertz CT molecular complexity index is 1170. The largest absolute Gasteiger partial charge is 0.319 e. The zero-order valence-electron chi connectivity index (χ0n) is 15.4. The van der Waals surface area contributed by atoms with Crippen molar-refractivity contribution in [3.63, 3.8) is 0 Å². The summed E-state index contributed by atoms with van der Waals surface area (Å²) in [4.78, 5) is 17.2. The molecule has 1 N–H and O–H groups in total. The van der Waals surface area contributed by atoms with Gasteiger partial charge in [0.05, 0.1) is 5.69 Å². The van der Waals surface area contributed by atoms with Gasteiger partial charge in [0.15, 0.2) is 5.82 Å². The second-order valence-corrected chi connectivity index (χ2v) is 6.91. The van der Waals surface area contributed by atoms with Crippen LogP contribution in [0.3, 0.4) is 0 Å². The molecule has 0 saturated carbocycles. The average Bonchev–Trinajstić information content (AvgIpc) is 3.16. The minimum atomic E-state index is -0.488. The van der Waals surface area contributed by atoms with E-state index < -0.39 is 5.91 Å². The predicted molar refractivity (Wildman–Crippen MR) is 111 cm³/mol. The Kier molecular flexibility index (Phi) is 5.10. The molecule has 1 heterocycles.